The summed E-state index contributed by atoms with van der Waals surface area (Å²) in [5, 5.41) is 3.98. The Morgan fingerprint density at radius 3 is 2.71 bits per heavy atom. The Kier molecular flexibility index (Phi) is 6.02. The molecule has 1 heterocycles. The van der Waals surface area contributed by atoms with Crippen LogP contribution in [0.2, 0.25) is 5.02 Å². The minimum absolute atomic E-state index is 0.0293. The smallest absolute Gasteiger partial charge is 0.375 e. The van der Waals surface area contributed by atoms with Gasteiger partial charge < -0.3 is 19.2 Å². The van der Waals surface area contributed by atoms with E-state index in [-0.39, 0.29) is 12.4 Å². The highest BCUT2D eigenvalue weighted by molar-refractivity contribution is 6.31. The van der Waals surface area contributed by atoms with Gasteiger partial charge in [0.15, 0.2) is 6.10 Å². The number of aryl methyl sites for hydroxylation is 1. The van der Waals surface area contributed by atoms with Crippen LogP contribution in [0.4, 0.5) is 5.69 Å². The van der Waals surface area contributed by atoms with Crippen LogP contribution in [-0.2, 0) is 20.9 Å². The second-order valence-corrected chi connectivity index (χ2v) is 6.77. The third-order valence-corrected chi connectivity index (χ3v) is 4.52. The van der Waals surface area contributed by atoms with E-state index in [2.05, 4.69) is 5.32 Å². The largest absolute Gasteiger partial charge is 0.449 e. The molecule has 0 saturated carbocycles. The molecule has 1 aromatic heterocycles. The monoisotopic (exact) mass is 401 g/mol. The van der Waals surface area contributed by atoms with E-state index in [1.165, 1.54) is 14.0 Å². The molecular weight excluding hydrogens is 382 g/mol. The maximum atomic E-state index is 12.6. The second kappa shape index (κ2) is 8.46. The number of benzene rings is 2. The van der Waals surface area contributed by atoms with E-state index in [0.717, 1.165) is 10.9 Å². The molecule has 146 valence electrons. The summed E-state index contributed by atoms with van der Waals surface area (Å²) in [6, 6.07) is 12.4. The number of furan rings is 1. The summed E-state index contributed by atoms with van der Waals surface area (Å²) in [4.78, 5) is 25.1. The van der Waals surface area contributed by atoms with Gasteiger partial charge in [-0.2, -0.15) is 0 Å². The zero-order chi connectivity index (χ0) is 20.3. The third kappa shape index (κ3) is 4.18. The van der Waals surface area contributed by atoms with Crippen molar-refractivity contribution in [2.24, 2.45) is 0 Å². The van der Waals surface area contributed by atoms with Crippen LogP contribution in [0.3, 0.4) is 0 Å². The number of anilines is 1. The van der Waals surface area contributed by atoms with Crippen molar-refractivity contribution in [3.8, 4) is 0 Å². The van der Waals surface area contributed by atoms with Gasteiger partial charge in [0.2, 0.25) is 5.76 Å². The number of fused-ring (bicyclic) bond motifs is 1. The molecule has 0 unspecified atom stereocenters. The normalized spacial score (nSPS) is 12.0. The first-order chi connectivity index (χ1) is 13.4. The van der Waals surface area contributed by atoms with Crippen LogP contribution in [-0.4, -0.2) is 25.1 Å². The van der Waals surface area contributed by atoms with Gasteiger partial charge in [0.05, 0.1) is 6.61 Å². The minimum atomic E-state index is -1.03. The van der Waals surface area contributed by atoms with Crippen molar-refractivity contribution < 1.29 is 23.5 Å². The van der Waals surface area contributed by atoms with E-state index in [1.807, 2.05) is 19.1 Å². The van der Waals surface area contributed by atoms with Crippen molar-refractivity contribution in [2.45, 2.75) is 26.6 Å². The molecule has 1 atom stereocenters. The predicted octanol–water partition coefficient (Wildman–Crippen LogP) is 4.73. The van der Waals surface area contributed by atoms with Crippen LogP contribution in [0.5, 0.6) is 0 Å². The summed E-state index contributed by atoms with van der Waals surface area (Å²) in [6.45, 7) is 3.52. The molecule has 6 nitrogen and oxygen atoms in total. The number of carbonyl (C=O) groups excluding carboxylic acids is 2. The lowest BCUT2D eigenvalue weighted by Crippen LogP contribution is -2.30. The SMILES string of the molecule is COCc1c(C(=O)O[C@H](C)C(=O)Nc2cc(Cl)ccc2C)oc2ccccc12. The fourth-order valence-corrected chi connectivity index (χ4v) is 2.95. The molecule has 3 rings (SSSR count). The summed E-state index contributed by atoms with van der Waals surface area (Å²) in [5.41, 5.74) is 2.54. The van der Waals surface area contributed by atoms with Gasteiger partial charge in [-0.3, -0.25) is 4.79 Å². The molecule has 7 heteroatoms. The van der Waals surface area contributed by atoms with E-state index in [1.54, 1.807) is 30.3 Å². The van der Waals surface area contributed by atoms with Gasteiger partial charge in [-0.05, 0) is 37.6 Å². The lowest BCUT2D eigenvalue weighted by molar-refractivity contribution is -0.123. The van der Waals surface area contributed by atoms with Crippen molar-refractivity contribution in [1.29, 1.82) is 0 Å². The number of ether oxygens (including phenoxy) is 2. The number of methoxy groups -OCH3 is 1. The van der Waals surface area contributed by atoms with Crippen LogP contribution >= 0.6 is 11.6 Å². The van der Waals surface area contributed by atoms with Gasteiger partial charge in [0, 0.05) is 28.8 Å². The Balaban J connectivity index is 1.77. The van der Waals surface area contributed by atoms with Crippen molar-refractivity contribution in [1.82, 2.24) is 0 Å². The molecular formula is C21H20ClNO5. The Morgan fingerprint density at radius 2 is 1.96 bits per heavy atom. The van der Waals surface area contributed by atoms with Gasteiger partial charge >= 0.3 is 5.97 Å². The summed E-state index contributed by atoms with van der Waals surface area (Å²) in [6.07, 6.45) is -1.03. The Morgan fingerprint density at radius 1 is 1.21 bits per heavy atom. The van der Waals surface area contributed by atoms with Crippen LogP contribution in [0, 0.1) is 6.92 Å². The molecule has 3 aromatic rings. The molecule has 0 aliphatic carbocycles. The quantitative estimate of drug-likeness (QED) is 0.604. The number of halogens is 1. The van der Waals surface area contributed by atoms with Gasteiger partial charge in [0.1, 0.15) is 5.58 Å². The standard InChI is InChI=1S/C21H20ClNO5/c1-12-8-9-14(22)10-17(12)23-20(24)13(2)27-21(25)19-16(11-26-3)15-6-4-5-7-18(15)28-19/h4-10,13H,11H2,1-3H3,(H,23,24)/t13-/m1/s1. The van der Waals surface area contributed by atoms with Crippen LogP contribution in [0.25, 0.3) is 11.0 Å². The average molecular weight is 402 g/mol. The number of rotatable bonds is 6. The lowest BCUT2D eigenvalue weighted by atomic mass is 10.1. The molecule has 0 bridgehead atoms. The number of carbonyl (C=O) groups is 2. The molecule has 28 heavy (non-hydrogen) atoms. The average Bonchev–Trinajstić information content (AvgIpc) is 3.04. The first-order valence-corrected chi connectivity index (χ1v) is 9.06. The van der Waals surface area contributed by atoms with Crippen LogP contribution in [0.15, 0.2) is 46.9 Å². The van der Waals surface area contributed by atoms with Crippen molar-refractivity contribution in [2.75, 3.05) is 12.4 Å². The van der Waals surface area contributed by atoms with Gasteiger partial charge in [-0.15, -0.1) is 0 Å². The Hall–Kier alpha value is -2.83. The minimum Gasteiger partial charge on any atom is -0.449 e. The van der Waals surface area contributed by atoms with E-state index < -0.39 is 18.0 Å². The number of amides is 1. The molecule has 0 aliphatic rings. The maximum absolute atomic E-state index is 12.6. The molecule has 2 aromatic carbocycles. The van der Waals surface area contributed by atoms with E-state index in [4.69, 9.17) is 25.5 Å². The predicted molar refractivity (Wildman–Crippen MR) is 107 cm³/mol. The maximum Gasteiger partial charge on any atom is 0.375 e. The highest BCUT2D eigenvalue weighted by atomic mass is 35.5. The highest BCUT2D eigenvalue weighted by Crippen LogP contribution is 2.27. The van der Waals surface area contributed by atoms with Crippen molar-refractivity contribution in [3.63, 3.8) is 0 Å². The van der Waals surface area contributed by atoms with Gasteiger partial charge in [0.25, 0.3) is 5.91 Å². The number of hydrogen-bond donors (Lipinski definition) is 1. The molecule has 0 aliphatic heterocycles. The van der Waals surface area contributed by atoms with E-state index in [9.17, 15) is 9.59 Å². The molecule has 1 amide bonds. The fraction of sp³-hybridized carbons (Fsp3) is 0.238. The first kappa shape index (κ1) is 19.9. The topological polar surface area (TPSA) is 77.8 Å². The lowest BCUT2D eigenvalue weighted by Gasteiger charge is -2.14. The molecule has 0 saturated heterocycles. The Labute approximate surface area is 167 Å². The number of para-hydroxylation sites is 1. The van der Waals surface area contributed by atoms with Crippen LogP contribution < -0.4 is 5.32 Å². The van der Waals surface area contributed by atoms with Gasteiger partial charge in [-0.25, -0.2) is 4.79 Å². The second-order valence-electron chi connectivity index (χ2n) is 6.33. The number of esters is 1. The van der Waals surface area contributed by atoms with Crippen LogP contribution in [0.1, 0.15) is 28.6 Å². The number of hydrogen-bond acceptors (Lipinski definition) is 5. The van der Waals surface area contributed by atoms with E-state index >= 15 is 0 Å². The highest BCUT2D eigenvalue weighted by Gasteiger charge is 2.26. The van der Waals surface area contributed by atoms with Gasteiger partial charge in [-0.1, -0.05) is 35.9 Å². The molecule has 0 fully saturated rings. The zero-order valence-corrected chi connectivity index (χ0v) is 16.5. The summed E-state index contributed by atoms with van der Waals surface area (Å²) in [7, 11) is 1.53. The molecule has 0 spiro atoms. The fourth-order valence-electron chi connectivity index (χ4n) is 2.78. The van der Waals surface area contributed by atoms with Crippen molar-refractivity contribution >= 4 is 40.1 Å². The summed E-state index contributed by atoms with van der Waals surface area (Å²) < 4.78 is 16.1. The number of nitrogens with one attached hydrogen (secondary N) is 1. The first-order valence-electron chi connectivity index (χ1n) is 8.68. The molecule has 1 N–H and O–H groups in total. The Bertz CT molecular complexity index is 1030. The zero-order valence-electron chi connectivity index (χ0n) is 15.7. The third-order valence-electron chi connectivity index (χ3n) is 4.28. The summed E-state index contributed by atoms with van der Waals surface area (Å²) >= 11 is 5.97. The summed E-state index contributed by atoms with van der Waals surface area (Å²) in [5.74, 6) is -1.17. The van der Waals surface area contributed by atoms with Crippen molar-refractivity contribution in [3.05, 3.63) is 64.4 Å². The molecule has 0 radical (unpaired) electrons. The van der Waals surface area contributed by atoms with E-state index in [0.29, 0.717) is 21.9 Å².